The van der Waals surface area contributed by atoms with Gasteiger partial charge < -0.3 is 31.2 Å². The van der Waals surface area contributed by atoms with Crippen molar-refractivity contribution in [3.05, 3.63) is 80.1 Å². The van der Waals surface area contributed by atoms with Crippen LogP contribution in [0.1, 0.15) is 29.8 Å². The predicted molar refractivity (Wildman–Crippen MR) is 153 cm³/mol. The number of ether oxygens (including phenoxy) is 2. The molecule has 0 saturated carbocycles. The van der Waals surface area contributed by atoms with E-state index in [4.69, 9.17) is 20.2 Å². The molecular formula is C28H25FN8O5. The maximum atomic E-state index is 14.2. The highest BCUT2D eigenvalue weighted by atomic mass is 19.1. The second-order valence-electron chi connectivity index (χ2n) is 9.62. The molecule has 0 aliphatic carbocycles. The topological polar surface area (TPSA) is 175 Å². The van der Waals surface area contributed by atoms with Crippen LogP contribution in [0.4, 0.5) is 27.4 Å². The number of carbonyl (C=O) groups is 1. The van der Waals surface area contributed by atoms with Gasteiger partial charge in [0.1, 0.15) is 34.8 Å². The zero-order valence-electron chi connectivity index (χ0n) is 22.5. The second kappa shape index (κ2) is 10.5. The van der Waals surface area contributed by atoms with E-state index in [2.05, 4.69) is 26.0 Å². The van der Waals surface area contributed by atoms with Gasteiger partial charge in [-0.25, -0.2) is 14.4 Å². The number of nitrogens with zero attached hydrogens (tertiary/aromatic N) is 4. The minimum atomic E-state index is -0.669. The van der Waals surface area contributed by atoms with Gasteiger partial charge in [-0.3, -0.25) is 14.4 Å². The molecule has 42 heavy (non-hydrogen) atoms. The lowest BCUT2D eigenvalue weighted by atomic mass is 10.1. The third-order valence-corrected chi connectivity index (χ3v) is 6.73. The predicted octanol–water partition coefficient (Wildman–Crippen LogP) is 2.37. The molecule has 5 N–H and O–H groups in total. The standard InChI is InChI=1S/C28H25FN8O5/c1-3-41-23-20(21(38)22(23)39)35-17-6-4-14(5-7-17)19-24(30)37-26-18(12-34-37)27(40)32-9-13(2)42-28-15(8-16(29)11-33-28)10-31-25(19)36-26/h4-8,11-13,35H,3,9-10,30H2,1-2H3,(H,31,36)(H,32,40)/t13-/m0/s1. The largest absolute Gasteiger partial charge is 0.488 e. The van der Waals surface area contributed by atoms with Crippen molar-refractivity contribution in [1.82, 2.24) is 24.9 Å². The molecule has 0 radical (unpaired) electrons. The number of nitrogen functional groups attached to an aromatic ring is 1. The van der Waals surface area contributed by atoms with E-state index in [1.54, 1.807) is 38.1 Å². The molecule has 214 valence electrons. The van der Waals surface area contributed by atoms with Crippen LogP contribution in [-0.2, 0) is 6.54 Å². The normalized spacial score (nSPS) is 15.1. The first-order valence-corrected chi connectivity index (χ1v) is 13.1. The average molecular weight is 573 g/mol. The molecule has 14 heteroatoms. The van der Waals surface area contributed by atoms with Gasteiger partial charge in [0.2, 0.25) is 5.88 Å². The first kappa shape index (κ1) is 26.7. The molecule has 2 bridgehead atoms. The Morgan fingerprint density at radius 1 is 1.17 bits per heavy atom. The van der Waals surface area contributed by atoms with E-state index in [1.807, 2.05) is 0 Å². The van der Waals surface area contributed by atoms with Gasteiger partial charge in [0.05, 0.1) is 31.1 Å². The Bertz CT molecular complexity index is 1910. The monoisotopic (exact) mass is 572 g/mol. The summed E-state index contributed by atoms with van der Waals surface area (Å²) in [4.78, 5) is 45.7. The van der Waals surface area contributed by atoms with Crippen LogP contribution in [0.5, 0.6) is 11.6 Å². The van der Waals surface area contributed by atoms with Crippen molar-refractivity contribution in [2.45, 2.75) is 26.5 Å². The summed E-state index contributed by atoms with van der Waals surface area (Å²) in [5, 5.41) is 13.2. The zero-order valence-corrected chi connectivity index (χ0v) is 22.5. The number of rotatable bonds is 5. The molecule has 1 aliphatic heterocycles. The first-order chi connectivity index (χ1) is 20.2. The summed E-state index contributed by atoms with van der Waals surface area (Å²) in [6.07, 6.45) is 1.98. The summed E-state index contributed by atoms with van der Waals surface area (Å²) >= 11 is 0. The average Bonchev–Trinajstić information content (AvgIpc) is 3.42. The van der Waals surface area contributed by atoms with Gasteiger partial charge in [-0.15, -0.1) is 0 Å². The lowest BCUT2D eigenvalue weighted by molar-refractivity contribution is 0.0932. The Labute approximate surface area is 237 Å². The SMILES string of the molecule is CCOc1c(Nc2ccc(-c3c4nc5c(cnn5c3N)C(=O)NC[C@H](C)Oc3ncc(F)cc3CN4)cc2)c(=O)c1=O. The number of aromatic nitrogens is 4. The fraction of sp³-hybridized carbons (Fsp3) is 0.214. The van der Waals surface area contributed by atoms with E-state index in [-0.39, 0.29) is 54.0 Å². The van der Waals surface area contributed by atoms with Crippen LogP contribution in [-0.4, -0.2) is 44.7 Å². The van der Waals surface area contributed by atoms with Crippen molar-refractivity contribution in [2.24, 2.45) is 0 Å². The van der Waals surface area contributed by atoms with E-state index >= 15 is 0 Å². The second-order valence-corrected chi connectivity index (χ2v) is 9.62. The molecule has 1 aliphatic rings. The number of anilines is 4. The van der Waals surface area contributed by atoms with Crippen LogP contribution in [0.2, 0.25) is 0 Å². The number of carbonyl (C=O) groups excluding carboxylic acids is 1. The molecule has 1 atom stereocenters. The van der Waals surface area contributed by atoms with Crippen molar-refractivity contribution >= 4 is 34.6 Å². The number of fused-ring (bicyclic) bond motifs is 2. The summed E-state index contributed by atoms with van der Waals surface area (Å²) < 4.78 is 26.7. The van der Waals surface area contributed by atoms with Gasteiger partial charge in [-0.2, -0.15) is 9.61 Å². The van der Waals surface area contributed by atoms with Crippen LogP contribution in [0.3, 0.4) is 0 Å². The Morgan fingerprint density at radius 2 is 1.95 bits per heavy atom. The maximum absolute atomic E-state index is 14.2. The van der Waals surface area contributed by atoms with Gasteiger partial charge in [-0.1, -0.05) is 12.1 Å². The Hall–Kier alpha value is -5.53. The van der Waals surface area contributed by atoms with E-state index in [0.29, 0.717) is 28.2 Å². The molecule has 6 rings (SSSR count). The summed E-state index contributed by atoms with van der Waals surface area (Å²) in [7, 11) is 0. The van der Waals surface area contributed by atoms with Gasteiger partial charge in [0.25, 0.3) is 16.8 Å². The van der Waals surface area contributed by atoms with Crippen LogP contribution in [0.25, 0.3) is 16.8 Å². The van der Waals surface area contributed by atoms with E-state index < -0.39 is 28.7 Å². The van der Waals surface area contributed by atoms with Crippen molar-refractivity contribution in [2.75, 3.05) is 29.5 Å². The van der Waals surface area contributed by atoms with E-state index in [0.717, 1.165) is 6.20 Å². The van der Waals surface area contributed by atoms with Gasteiger partial charge in [-0.05, 0) is 37.6 Å². The fourth-order valence-electron chi connectivity index (χ4n) is 4.66. The number of hydrogen-bond donors (Lipinski definition) is 4. The van der Waals surface area contributed by atoms with Crippen LogP contribution >= 0.6 is 0 Å². The molecule has 5 aromatic rings. The summed E-state index contributed by atoms with van der Waals surface area (Å²) in [5.74, 6) is -0.243. The number of benzene rings is 1. The minimum Gasteiger partial charge on any atom is -0.488 e. The Morgan fingerprint density at radius 3 is 2.71 bits per heavy atom. The Balaban J connectivity index is 1.42. The summed E-state index contributed by atoms with van der Waals surface area (Å²) in [6, 6.07) is 8.19. The number of halogens is 1. The summed E-state index contributed by atoms with van der Waals surface area (Å²) in [5.41, 5.74) is 7.86. The molecule has 4 heterocycles. The zero-order chi connectivity index (χ0) is 29.5. The van der Waals surface area contributed by atoms with Crippen LogP contribution in [0, 0.1) is 5.82 Å². The van der Waals surface area contributed by atoms with Crippen molar-refractivity contribution in [3.63, 3.8) is 0 Å². The van der Waals surface area contributed by atoms with Gasteiger partial charge in [0.15, 0.2) is 11.4 Å². The van der Waals surface area contributed by atoms with E-state index in [9.17, 15) is 18.8 Å². The highest BCUT2D eigenvalue weighted by Gasteiger charge is 2.25. The van der Waals surface area contributed by atoms with Gasteiger partial charge >= 0.3 is 0 Å². The quantitative estimate of drug-likeness (QED) is 0.228. The molecule has 0 spiro atoms. The highest BCUT2D eigenvalue weighted by Crippen LogP contribution is 2.35. The minimum absolute atomic E-state index is 0.00372. The molecule has 2 aromatic carbocycles. The Kier molecular flexibility index (Phi) is 6.65. The lowest BCUT2D eigenvalue weighted by Crippen LogP contribution is -2.35. The van der Waals surface area contributed by atoms with E-state index in [1.165, 1.54) is 16.8 Å². The fourth-order valence-corrected chi connectivity index (χ4v) is 4.66. The highest BCUT2D eigenvalue weighted by molar-refractivity contribution is 6.01. The molecule has 0 saturated heterocycles. The summed E-state index contributed by atoms with van der Waals surface area (Å²) in [6.45, 7) is 3.97. The number of amides is 1. The van der Waals surface area contributed by atoms with Crippen molar-refractivity contribution in [1.29, 1.82) is 0 Å². The molecule has 1 amide bonds. The third-order valence-electron chi connectivity index (χ3n) is 6.73. The number of hydrogen-bond acceptors (Lipinski definition) is 11. The molecule has 0 unspecified atom stereocenters. The molecule has 13 nitrogen and oxygen atoms in total. The third kappa shape index (κ3) is 4.62. The lowest BCUT2D eigenvalue weighted by Gasteiger charge is -2.18. The van der Waals surface area contributed by atoms with Crippen LogP contribution in [0.15, 0.2) is 52.3 Å². The number of nitrogens with two attached hydrogens (primary N) is 1. The first-order valence-electron chi connectivity index (χ1n) is 13.1. The van der Waals surface area contributed by atoms with Crippen LogP contribution < -0.4 is 42.0 Å². The number of nitrogens with one attached hydrogen (secondary N) is 3. The smallest absolute Gasteiger partial charge is 0.272 e. The van der Waals surface area contributed by atoms with Gasteiger partial charge in [0, 0.05) is 17.8 Å². The van der Waals surface area contributed by atoms with Crippen molar-refractivity contribution in [3.8, 4) is 22.8 Å². The maximum Gasteiger partial charge on any atom is 0.272 e. The molecule has 0 fully saturated rings. The molecule has 3 aromatic heterocycles. The number of pyridine rings is 1. The van der Waals surface area contributed by atoms with Crippen molar-refractivity contribution < 1.29 is 18.7 Å². The molecular weight excluding hydrogens is 547 g/mol.